The molecule has 1 amide bonds. The number of halogens is 3. The van der Waals surface area contributed by atoms with Crippen molar-refractivity contribution in [2.75, 3.05) is 11.9 Å². The average Bonchev–Trinajstić information content (AvgIpc) is 3.36. The van der Waals surface area contributed by atoms with E-state index in [0.29, 0.717) is 17.4 Å². The third kappa shape index (κ3) is 6.11. The van der Waals surface area contributed by atoms with Crippen molar-refractivity contribution in [2.45, 2.75) is 23.9 Å². The van der Waals surface area contributed by atoms with Crippen molar-refractivity contribution in [1.82, 2.24) is 14.9 Å². The molecule has 2 aromatic heterocycles. The van der Waals surface area contributed by atoms with Gasteiger partial charge in [0.05, 0.1) is 9.77 Å². The number of carbonyl (C=O) groups excluding carboxylic acids is 1. The number of alkyl halides is 3. The van der Waals surface area contributed by atoms with E-state index in [2.05, 4.69) is 15.5 Å². The molecule has 0 unspecified atom stereocenters. The maximum atomic E-state index is 12.2. The Balaban J connectivity index is 1.52. The highest BCUT2D eigenvalue weighted by Gasteiger charge is 2.30. The van der Waals surface area contributed by atoms with Gasteiger partial charge in [-0.2, -0.15) is 18.2 Å². The summed E-state index contributed by atoms with van der Waals surface area (Å²) >= 11 is 1.46. The van der Waals surface area contributed by atoms with Crippen molar-refractivity contribution in [3.63, 3.8) is 0 Å². The summed E-state index contributed by atoms with van der Waals surface area (Å²) < 4.78 is 66.8. The lowest BCUT2D eigenvalue weighted by Crippen LogP contribution is -2.33. The molecule has 2 heterocycles. The molecular weight excluding hydrogens is 445 g/mol. The van der Waals surface area contributed by atoms with Gasteiger partial charge in [0, 0.05) is 18.5 Å². The van der Waals surface area contributed by atoms with Gasteiger partial charge in [0.2, 0.25) is 27.6 Å². The number of hydrogen-bond donors (Lipinski definition) is 2. The van der Waals surface area contributed by atoms with Crippen LogP contribution in [-0.2, 0) is 21.2 Å². The maximum Gasteiger partial charge on any atom is 0.402 e. The van der Waals surface area contributed by atoms with Crippen LogP contribution in [0, 0.1) is 0 Å². The number of carbonyl (C=O) groups is 1. The van der Waals surface area contributed by atoms with E-state index in [1.165, 1.54) is 28.2 Å². The second-order valence-corrected chi connectivity index (χ2v) is 8.72. The van der Waals surface area contributed by atoms with Gasteiger partial charge in [-0.05, 0) is 35.7 Å². The number of nitrogens with one attached hydrogen (secondary N) is 2. The number of rotatable bonds is 8. The molecule has 0 atom stereocenters. The highest BCUT2D eigenvalue weighted by molar-refractivity contribution is 7.89. The number of aryl methyl sites for hydroxylation is 1. The van der Waals surface area contributed by atoms with Crippen LogP contribution in [0.4, 0.5) is 18.9 Å². The predicted molar refractivity (Wildman–Crippen MR) is 102 cm³/mol. The Bertz CT molecular complexity index is 1090. The van der Waals surface area contributed by atoms with Crippen molar-refractivity contribution >= 4 is 33.0 Å². The van der Waals surface area contributed by atoms with Crippen LogP contribution in [0.5, 0.6) is 0 Å². The Morgan fingerprint density at radius 3 is 2.53 bits per heavy atom. The van der Waals surface area contributed by atoms with E-state index in [9.17, 15) is 26.4 Å². The van der Waals surface area contributed by atoms with Crippen molar-refractivity contribution in [1.29, 1.82) is 0 Å². The number of aromatic nitrogens is 2. The van der Waals surface area contributed by atoms with Gasteiger partial charge in [-0.1, -0.05) is 11.2 Å². The van der Waals surface area contributed by atoms with Gasteiger partial charge >= 0.3 is 6.18 Å². The third-order valence-corrected chi connectivity index (χ3v) is 5.97. The quantitative estimate of drug-likeness (QED) is 0.534. The first-order valence-corrected chi connectivity index (χ1v) is 10.8. The van der Waals surface area contributed by atoms with Crippen LogP contribution in [-0.4, -0.2) is 37.2 Å². The smallest absolute Gasteiger partial charge is 0.339 e. The number of amides is 1. The molecule has 0 aliphatic carbocycles. The molecule has 0 saturated heterocycles. The summed E-state index contributed by atoms with van der Waals surface area (Å²) in [6, 6.07) is 8.45. The molecule has 0 aliphatic rings. The van der Waals surface area contributed by atoms with Crippen LogP contribution in [0.1, 0.15) is 12.3 Å². The topological polar surface area (TPSA) is 114 Å². The fourth-order valence-corrected chi connectivity index (χ4v) is 3.95. The maximum absolute atomic E-state index is 12.2. The minimum absolute atomic E-state index is 0.0409. The highest BCUT2D eigenvalue weighted by Crippen LogP contribution is 2.22. The lowest BCUT2D eigenvalue weighted by atomic mass is 10.2. The first kappa shape index (κ1) is 21.9. The van der Waals surface area contributed by atoms with Crippen LogP contribution in [0.25, 0.3) is 10.7 Å². The molecule has 0 saturated carbocycles. The van der Waals surface area contributed by atoms with E-state index >= 15 is 0 Å². The Hall–Kier alpha value is -2.77. The van der Waals surface area contributed by atoms with E-state index in [4.69, 9.17) is 4.52 Å². The van der Waals surface area contributed by atoms with Crippen LogP contribution < -0.4 is 10.0 Å². The largest absolute Gasteiger partial charge is 0.402 e. The number of sulfonamides is 1. The van der Waals surface area contributed by atoms with E-state index < -0.39 is 22.7 Å². The molecular formula is C17H15F3N4O4S2. The fourth-order valence-electron chi connectivity index (χ4n) is 2.28. The number of hydrogen-bond acceptors (Lipinski definition) is 7. The second kappa shape index (κ2) is 8.93. The zero-order valence-corrected chi connectivity index (χ0v) is 16.8. The molecule has 3 rings (SSSR count). The Labute approximate surface area is 173 Å². The number of benzene rings is 1. The SMILES string of the molecule is O=C(CCc1nc(-c2cccs2)no1)Nc1ccc(S(=O)(=O)NCC(F)(F)F)cc1. The van der Waals surface area contributed by atoms with Crippen LogP contribution >= 0.6 is 11.3 Å². The molecule has 2 N–H and O–H groups in total. The first-order valence-electron chi connectivity index (χ1n) is 8.45. The summed E-state index contributed by atoms with van der Waals surface area (Å²) in [6.07, 6.45) is -4.42. The van der Waals surface area contributed by atoms with E-state index in [1.807, 2.05) is 17.5 Å². The standard InChI is InChI=1S/C17H15F3N4O4S2/c18-17(19,20)10-21-30(26,27)12-5-3-11(4-6-12)22-14(25)7-8-15-23-16(24-28-15)13-2-1-9-29-13/h1-6,9,21H,7-8,10H2,(H,22,25). The molecule has 3 aromatic rings. The van der Waals surface area contributed by atoms with E-state index in [0.717, 1.165) is 17.0 Å². The van der Waals surface area contributed by atoms with Crippen molar-refractivity contribution < 1.29 is 30.9 Å². The van der Waals surface area contributed by atoms with Gasteiger partial charge in [-0.3, -0.25) is 4.79 Å². The van der Waals surface area contributed by atoms with Gasteiger partial charge in [0.25, 0.3) is 0 Å². The Kier molecular flexibility index (Phi) is 6.53. The van der Waals surface area contributed by atoms with Gasteiger partial charge in [0.15, 0.2) is 0 Å². The van der Waals surface area contributed by atoms with Crippen LogP contribution in [0.2, 0.25) is 0 Å². The molecule has 0 fully saturated rings. The molecule has 1 aromatic carbocycles. The van der Waals surface area contributed by atoms with Gasteiger partial charge in [0.1, 0.15) is 6.54 Å². The first-order chi connectivity index (χ1) is 14.1. The predicted octanol–water partition coefficient (Wildman–Crippen LogP) is 3.21. The summed E-state index contributed by atoms with van der Waals surface area (Å²) in [5.41, 5.74) is 0.291. The highest BCUT2D eigenvalue weighted by atomic mass is 32.2. The summed E-state index contributed by atoms with van der Waals surface area (Å²) in [6.45, 7) is -1.67. The molecule has 0 bridgehead atoms. The fraction of sp³-hybridized carbons (Fsp3) is 0.235. The van der Waals surface area contributed by atoms with Crippen LogP contribution in [0.15, 0.2) is 51.2 Å². The molecule has 8 nitrogen and oxygen atoms in total. The summed E-state index contributed by atoms with van der Waals surface area (Å²) in [5, 5.41) is 8.28. The third-order valence-electron chi connectivity index (χ3n) is 3.69. The normalized spacial score (nSPS) is 12.1. The van der Waals surface area contributed by atoms with Crippen molar-refractivity contribution in [3.8, 4) is 10.7 Å². The minimum Gasteiger partial charge on any atom is -0.339 e. The van der Waals surface area contributed by atoms with Crippen LogP contribution in [0.3, 0.4) is 0 Å². The Morgan fingerprint density at radius 1 is 1.17 bits per heavy atom. The van der Waals surface area contributed by atoms with Gasteiger partial charge in [-0.25, -0.2) is 13.1 Å². The summed E-state index contributed by atoms with van der Waals surface area (Å²) in [4.78, 5) is 16.8. The van der Waals surface area contributed by atoms with Gasteiger partial charge in [-0.15, -0.1) is 11.3 Å². The van der Waals surface area contributed by atoms with Crippen molar-refractivity contribution in [3.05, 3.63) is 47.7 Å². The molecule has 0 spiro atoms. The Morgan fingerprint density at radius 2 is 1.90 bits per heavy atom. The summed E-state index contributed by atoms with van der Waals surface area (Å²) in [5.74, 6) is 0.360. The zero-order valence-electron chi connectivity index (χ0n) is 15.1. The number of thiophene rings is 1. The monoisotopic (exact) mass is 460 g/mol. The van der Waals surface area contributed by atoms with Crippen molar-refractivity contribution in [2.24, 2.45) is 0 Å². The van der Waals surface area contributed by atoms with E-state index in [-0.39, 0.29) is 23.6 Å². The number of anilines is 1. The average molecular weight is 460 g/mol. The van der Waals surface area contributed by atoms with E-state index in [1.54, 1.807) is 0 Å². The molecule has 13 heteroatoms. The molecule has 0 aliphatic heterocycles. The zero-order chi connectivity index (χ0) is 21.8. The number of nitrogens with zero attached hydrogens (tertiary/aromatic N) is 2. The summed E-state index contributed by atoms with van der Waals surface area (Å²) in [7, 11) is -4.31. The second-order valence-electron chi connectivity index (χ2n) is 6.00. The minimum atomic E-state index is -4.66. The molecule has 160 valence electrons. The molecule has 30 heavy (non-hydrogen) atoms. The lowest BCUT2D eigenvalue weighted by molar-refractivity contribution is -0.121. The molecule has 0 radical (unpaired) electrons. The van der Waals surface area contributed by atoms with Gasteiger partial charge < -0.3 is 9.84 Å². The lowest BCUT2D eigenvalue weighted by Gasteiger charge is -2.10.